The molecule has 0 heterocycles. The van der Waals surface area contributed by atoms with Crippen molar-refractivity contribution in [3.63, 3.8) is 0 Å². The van der Waals surface area contributed by atoms with Gasteiger partial charge >= 0.3 is 5.97 Å². The molecule has 0 N–H and O–H groups in total. The normalized spacial score (nSPS) is 12.3. The van der Waals surface area contributed by atoms with Crippen molar-refractivity contribution < 1.29 is 23.4 Å². The fourth-order valence-electron chi connectivity index (χ4n) is 2.14. The maximum Gasteiger partial charge on any atom is 0.337 e. The monoisotopic (exact) mass is 874 g/mol. The minimum absolute atomic E-state index is 0.0917. The van der Waals surface area contributed by atoms with Crippen LogP contribution in [0.15, 0.2) is 76.0 Å². The Hall–Kier alpha value is 2.87. The Morgan fingerprint density at radius 3 is 1.90 bits per heavy atom. The first kappa shape index (κ1) is 35.7. The Morgan fingerprint density at radius 1 is 1.00 bits per heavy atom. The van der Waals surface area contributed by atoms with Crippen molar-refractivity contribution in [3.8, 4) is 11.1 Å². The zero-order valence-electron chi connectivity index (χ0n) is 25.1. The molecule has 8 unspecified atom stereocenters. The predicted octanol–water partition coefficient (Wildman–Crippen LogP) is 11.9. The van der Waals surface area contributed by atoms with Gasteiger partial charge in [-0.3, -0.25) is 0 Å². The van der Waals surface area contributed by atoms with E-state index in [2.05, 4.69) is 83.2 Å². The maximum atomic E-state index is 11.4. The third kappa shape index (κ3) is 19.4. The summed E-state index contributed by atoms with van der Waals surface area (Å²) < 4.78 is 57.3. The Morgan fingerprint density at radius 2 is 1.52 bits per heavy atom. The fourth-order valence-corrected chi connectivity index (χ4v) is 3.40. The van der Waals surface area contributed by atoms with Crippen LogP contribution in [0.3, 0.4) is 0 Å². The minimum atomic E-state index is -4.27. The van der Waals surface area contributed by atoms with Gasteiger partial charge < -0.3 is 4.74 Å². The summed E-state index contributed by atoms with van der Waals surface area (Å²) in [6.45, 7) is 1.94. The highest BCUT2D eigenvalue weighted by molar-refractivity contribution is 9.10. The van der Waals surface area contributed by atoms with Crippen molar-refractivity contribution in [2.24, 2.45) is 0 Å². The minimum Gasteiger partial charge on any atom is -0.465 e. The number of esters is 1. The lowest BCUT2D eigenvalue weighted by Gasteiger charge is -2.07. The van der Waals surface area contributed by atoms with Crippen LogP contribution in [0, 0.1) is 6.92 Å². The number of hydrogen-bond donors (Lipinski definition) is 0. The van der Waals surface area contributed by atoms with E-state index >= 15 is 0 Å². The van der Waals surface area contributed by atoms with Gasteiger partial charge in [-0.2, -0.15) is 0 Å². The van der Waals surface area contributed by atoms with Gasteiger partial charge in [0, 0.05) is 25.7 Å². The number of rotatable bonds is 5. The summed E-state index contributed by atoms with van der Waals surface area (Å²) in [4.78, 5) is 10.6. The summed E-state index contributed by atoms with van der Waals surface area (Å²) in [6, 6.07) is 10.9. The SMILES string of the molecule is COC(=O)c1ccc(-c2cccc(Br)c2)c(Cl)c1.PP(P)P(P)P.PPP(P)P.[2H]c1c([2H])c(S(=O)(=O)Cl)c([2H])c([2H])c1C. The molecule has 0 fully saturated rings. The number of halogens is 3. The summed E-state index contributed by atoms with van der Waals surface area (Å²) in [5, 5.41) is 0.524. The van der Waals surface area contributed by atoms with E-state index < -0.39 is 44.1 Å². The van der Waals surface area contributed by atoms with Crippen LogP contribution >= 0.6 is 130 Å². The van der Waals surface area contributed by atoms with Crippen molar-refractivity contribution >= 4 is 145 Å². The van der Waals surface area contributed by atoms with Gasteiger partial charge in [-0.25, -0.2) is 13.2 Å². The Bertz CT molecular complexity index is 1490. The second-order valence-corrected chi connectivity index (χ2v) is 44.4. The first-order chi connectivity index (χ1) is 20.2. The topological polar surface area (TPSA) is 60.4 Å². The van der Waals surface area contributed by atoms with Crippen LogP contribution in [0.25, 0.3) is 11.1 Å². The molecule has 0 aromatic heterocycles. The molecule has 40 heavy (non-hydrogen) atoms. The maximum absolute atomic E-state index is 11.4. The second kappa shape index (κ2) is 23.2. The number of hydrogen-bond acceptors (Lipinski definition) is 4. The highest BCUT2D eigenvalue weighted by Crippen LogP contribution is 2.86. The molecule has 3 aromatic rings. The molecule has 0 aliphatic rings. The van der Waals surface area contributed by atoms with E-state index in [1.807, 2.05) is 30.3 Å². The molecule has 222 valence electrons. The summed E-state index contributed by atoms with van der Waals surface area (Å²) in [6.07, 6.45) is 0. The first-order valence-electron chi connectivity index (χ1n) is 12.2. The third-order valence-electron chi connectivity index (χ3n) is 3.91. The molecule has 0 saturated carbocycles. The molecular weight excluding hydrogens is 840 g/mol. The summed E-state index contributed by atoms with van der Waals surface area (Å²) in [7, 11) is 22.5. The molecule has 0 bridgehead atoms. The van der Waals surface area contributed by atoms with E-state index in [9.17, 15) is 13.2 Å². The third-order valence-corrected chi connectivity index (χ3v) is 39.1. The van der Waals surface area contributed by atoms with Crippen molar-refractivity contribution in [1.82, 2.24) is 0 Å². The van der Waals surface area contributed by atoms with Gasteiger partial charge in [0.1, 0.15) is 0 Å². The van der Waals surface area contributed by atoms with Gasteiger partial charge in [-0.15, -0.1) is 62.5 Å². The largest absolute Gasteiger partial charge is 0.465 e. The highest BCUT2D eigenvalue weighted by atomic mass is 79.9. The molecule has 0 radical (unpaired) electrons. The Balaban J connectivity index is 0.000000637. The van der Waals surface area contributed by atoms with E-state index in [-0.39, 0.29) is 26.5 Å². The van der Waals surface area contributed by atoms with E-state index in [1.165, 1.54) is 14.0 Å². The van der Waals surface area contributed by atoms with Gasteiger partial charge in [0.15, 0.2) is 0 Å². The molecule has 0 spiro atoms. The van der Waals surface area contributed by atoms with Crippen molar-refractivity contribution in [3.05, 3.63) is 87.3 Å². The van der Waals surface area contributed by atoms with Crippen molar-refractivity contribution in [2.75, 3.05) is 7.11 Å². The molecule has 3 aromatic carbocycles. The summed E-state index contributed by atoms with van der Waals surface area (Å²) in [5.74, 6) is -0.391. The molecule has 4 nitrogen and oxygen atoms in total. The molecular formula is C21H32BrCl2O4P11S. The summed E-state index contributed by atoms with van der Waals surface area (Å²) >= 11 is 9.61. The molecule has 19 heteroatoms. The van der Waals surface area contributed by atoms with E-state index in [1.54, 1.807) is 12.1 Å². The van der Waals surface area contributed by atoms with Crippen LogP contribution < -0.4 is 0 Å². The van der Waals surface area contributed by atoms with Crippen LogP contribution in [0.4, 0.5) is 0 Å². The molecule has 8 atom stereocenters. The quantitative estimate of drug-likeness (QED) is 0.146. The van der Waals surface area contributed by atoms with Crippen LogP contribution in [0.5, 0.6) is 0 Å². The number of benzene rings is 3. The highest BCUT2D eigenvalue weighted by Gasteiger charge is 2.10. The van der Waals surface area contributed by atoms with Crippen LogP contribution in [-0.4, -0.2) is 21.5 Å². The lowest BCUT2D eigenvalue weighted by Crippen LogP contribution is -2.00. The zero-order valence-corrected chi connectivity index (χ0v) is 36.8. The van der Waals surface area contributed by atoms with Crippen LogP contribution in [0.1, 0.15) is 21.4 Å². The molecule has 0 amide bonds. The zero-order chi connectivity index (χ0) is 34.5. The lowest BCUT2D eigenvalue weighted by atomic mass is 10.0. The van der Waals surface area contributed by atoms with Gasteiger partial charge in [0.25, 0.3) is 9.05 Å². The van der Waals surface area contributed by atoms with Crippen LogP contribution in [-0.2, 0) is 13.8 Å². The number of ether oxygens (including phenoxy) is 1. The second-order valence-electron chi connectivity index (χ2n) is 6.88. The standard InChI is InChI=1S/C14H10BrClO2.C7H7ClO2S.H8P6.H7P5/c1-18-14(17)10-5-6-12(13(16)8-10)9-3-2-4-11(15)7-9;1-6-2-4-7(5-3-6)11(8,9)10;1-5(2)6(3)4;1-4-5(2)3/h2-8H,1H3;2-5H,1H3;1-4H2;4H,1-3H2/i;2D,3D,4D,5D;;. The molecule has 0 aliphatic carbocycles. The fraction of sp³-hybridized carbons (Fsp3) is 0.0952. The Kier molecular flexibility index (Phi) is 20.7. The van der Waals surface area contributed by atoms with Gasteiger partial charge in [0.2, 0.25) is 0 Å². The van der Waals surface area contributed by atoms with Gasteiger partial charge in [0.05, 0.1) is 23.1 Å². The average Bonchev–Trinajstić information content (AvgIpc) is 2.94. The number of carbonyl (C=O) groups is 1. The number of carbonyl (C=O) groups excluding carboxylic acids is 1. The molecule has 0 aliphatic heterocycles. The lowest BCUT2D eigenvalue weighted by molar-refractivity contribution is 0.0600. The van der Waals surface area contributed by atoms with Crippen molar-refractivity contribution in [1.29, 1.82) is 0 Å². The van der Waals surface area contributed by atoms with Crippen LogP contribution in [0.2, 0.25) is 5.02 Å². The molecule has 3 rings (SSSR count). The van der Waals surface area contributed by atoms with Crippen molar-refractivity contribution in [2.45, 2.75) is 11.8 Å². The van der Waals surface area contributed by atoms with Gasteiger partial charge in [-0.1, -0.05) is 71.3 Å². The smallest absolute Gasteiger partial charge is 0.337 e. The van der Waals surface area contributed by atoms with E-state index in [4.69, 9.17) is 27.8 Å². The average molecular weight is 876 g/mol. The number of methoxy groups -OCH3 is 1. The van der Waals surface area contributed by atoms with Gasteiger partial charge in [-0.05, 0) is 69.8 Å². The van der Waals surface area contributed by atoms with E-state index in [0.717, 1.165) is 23.6 Å². The molecule has 0 saturated heterocycles. The predicted molar refractivity (Wildman–Crippen MR) is 217 cm³/mol. The first-order valence-corrected chi connectivity index (χ1v) is 31.8. The van der Waals surface area contributed by atoms with E-state index in [0.29, 0.717) is 10.6 Å². The Labute approximate surface area is 283 Å². The summed E-state index contributed by atoms with van der Waals surface area (Å²) in [5.41, 5.74) is 2.41.